The van der Waals surface area contributed by atoms with Crippen LogP contribution in [-0.4, -0.2) is 37.2 Å². The van der Waals surface area contributed by atoms with E-state index >= 15 is 0 Å². The number of ether oxygens (including phenoxy) is 2. The van der Waals surface area contributed by atoms with Gasteiger partial charge in [-0.05, 0) is 48.0 Å². The van der Waals surface area contributed by atoms with E-state index in [9.17, 15) is 13.6 Å². The lowest BCUT2D eigenvalue weighted by atomic mass is 10.2. The van der Waals surface area contributed by atoms with E-state index in [1.165, 1.54) is 40.9 Å². The standard InChI is InChI=1S/C20H16Cl2F2N2O3S/c1-28-8-9-30-20-25-17(10-12-2-3-13(21)11-16(12)22)18(27)26(20)14-4-6-15(7-5-14)29-19(23)24/h2-7,10-11,19H,8-9H2,1H3/b17-10-. The van der Waals surface area contributed by atoms with E-state index in [-0.39, 0.29) is 17.4 Å². The van der Waals surface area contributed by atoms with Gasteiger partial charge in [0.15, 0.2) is 5.17 Å². The second-order valence-corrected chi connectivity index (χ2v) is 7.85. The van der Waals surface area contributed by atoms with Crippen LogP contribution in [0.25, 0.3) is 6.08 Å². The van der Waals surface area contributed by atoms with Crippen molar-refractivity contribution in [1.29, 1.82) is 0 Å². The smallest absolute Gasteiger partial charge is 0.387 e. The largest absolute Gasteiger partial charge is 0.435 e. The predicted octanol–water partition coefficient (Wildman–Crippen LogP) is 5.72. The molecule has 2 aromatic rings. The molecule has 0 unspecified atom stereocenters. The number of methoxy groups -OCH3 is 1. The van der Waals surface area contributed by atoms with Crippen molar-refractivity contribution < 1.29 is 23.0 Å². The van der Waals surface area contributed by atoms with Crippen molar-refractivity contribution in [3.05, 3.63) is 63.8 Å². The van der Waals surface area contributed by atoms with Gasteiger partial charge in [-0.1, -0.05) is 41.0 Å². The summed E-state index contributed by atoms with van der Waals surface area (Å²) in [5.74, 6) is 0.193. The van der Waals surface area contributed by atoms with Crippen molar-refractivity contribution >= 4 is 57.8 Å². The molecule has 0 aromatic heterocycles. The molecule has 1 aliphatic rings. The molecule has 10 heteroatoms. The van der Waals surface area contributed by atoms with E-state index in [2.05, 4.69) is 9.73 Å². The molecule has 1 heterocycles. The van der Waals surface area contributed by atoms with Gasteiger partial charge in [0.25, 0.3) is 5.91 Å². The number of nitrogens with zero attached hydrogens (tertiary/aromatic N) is 2. The van der Waals surface area contributed by atoms with Gasteiger partial charge in [-0.25, -0.2) is 4.99 Å². The van der Waals surface area contributed by atoms with Crippen LogP contribution in [-0.2, 0) is 9.53 Å². The molecule has 1 amide bonds. The number of thioether (sulfide) groups is 1. The lowest BCUT2D eigenvalue weighted by Crippen LogP contribution is -2.30. The minimum Gasteiger partial charge on any atom is -0.435 e. The fraction of sp³-hybridized carbons (Fsp3) is 0.200. The second-order valence-electron chi connectivity index (χ2n) is 5.94. The topological polar surface area (TPSA) is 51.1 Å². The Hall–Kier alpha value is -2.13. The maximum absolute atomic E-state index is 13.1. The highest BCUT2D eigenvalue weighted by Gasteiger charge is 2.32. The molecule has 0 saturated carbocycles. The van der Waals surface area contributed by atoms with Gasteiger partial charge in [0.1, 0.15) is 11.4 Å². The second kappa shape index (κ2) is 10.3. The molecule has 0 spiro atoms. The molecule has 30 heavy (non-hydrogen) atoms. The third-order valence-corrected chi connectivity index (χ3v) is 5.39. The van der Waals surface area contributed by atoms with Gasteiger partial charge >= 0.3 is 6.61 Å². The molecular weight excluding hydrogens is 457 g/mol. The maximum Gasteiger partial charge on any atom is 0.387 e. The van der Waals surface area contributed by atoms with Gasteiger partial charge in [0.05, 0.1) is 12.3 Å². The summed E-state index contributed by atoms with van der Waals surface area (Å²) < 4.78 is 34.2. The van der Waals surface area contributed by atoms with Crippen molar-refractivity contribution in [2.24, 2.45) is 4.99 Å². The highest BCUT2D eigenvalue weighted by atomic mass is 35.5. The summed E-state index contributed by atoms with van der Waals surface area (Å²) in [5, 5.41) is 1.31. The van der Waals surface area contributed by atoms with Gasteiger partial charge < -0.3 is 9.47 Å². The molecule has 0 aliphatic carbocycles. The van der Waals surface area contributed by atoms with E-state index in [1.54, 1.807) is 31.4 Å². The fourth-order valence-electron chi connectivity index (χ4n) is 2.58. The van der Waals surface area contributed by atoms with Crippen molar-refractivity contribution in [3.63, 3.8) is 0 Å². The minimum absolute atomic E-state index is 0.00497. The van der Waals surface area contributed by atoms with Crippen LogP contribution in [0, 0.1) is 0 Å². The zero-order valence-electron chi connectivity index (χ0n) is 15.6. The van der Waals surface area contributed by atoms with Gasteiger partial charge in [-0.2, -0.15) is 8.78 Å². The van der Waals surface area contributed by atoms with Gasteiger partial charge in [0.2, 0.25) is 0 Å². The highest BCUT2D eigenvalue weighted by Crippen LogP contribution is 2.32. The Morgan fingerprint density at radius 3 is 2.57 bits per heavy atom. The Morgan fingerprint density at radius 1 is 1.20 bits per heavy atom. The van der Waals surface area contributed by atoms with Gasteiger partial charge in [-0.3, -0.25) is 9.69 Å². The number of rotatable bonds is 7. The Balaban J connectivity index is 1.92. The van der Waals surface area contributed by atoms with E-state index in [0.29, 0.717) is 38.8 Å². The minimum atomic E-state index is -2.93. The van der Waals surface area contributed by atoms with Gasteiger partial charge in [-0.15, -0.1) is 0 Å². The van der Waals surface area contributed by atoms with Crippen LogP contribution in [0.4, 0.5) is 14.5 Å². The van der Waals surface area contributed by atoms with Crippen molar-refractivity contribution in [2.75, 3.05) is 24.4 Å². The lowest BCUT2D eigenvalue weighted by molar-refractivity contribution is -0.113. The molecule has 0 bridgehead atoms. The predicted molar refractivity (Wildman–Crippen MR) is 117 cm³/mol. The van der Waals surface area contributed by atoms with Crippen LogP contribution in [0.5, 0.6) is 5.75 Å². The number of hydrogen-bond acceptors (Lipinski definition) is 5. The fourth-order valence-corrected chi connectivity index (χ4v) is 3.96. The molecule has 0 saturated heterocycles. The van der Waals surface area contributed by atoms with E-state index in [4.69, 9.17) is 27.9 Å². The lowest BCUT2D eigenvalue weighted by Gasteiger charge is -2.18. The first-order valence-corrected chi connectivity index (χ1v) is 10.4. The molecule has 3 rings (SSSR count). The molecule has 0 fully saturated rings. The number of benzene rings is 2. The summed E-state index contributed by atoms with van der Waals surface area (Å²) in [6.07, 6.45) is 1.58. The molecule has 5 nitrogen and oxygen atoms in total. The molecule has 158 valence electrons. The molecule has 1 aliphatic heterocycles. The van der Waals surface area contributed by atoms with Crippen molar-refractivity contribution in [2.45, 2.75) is 6.61 Å². The number of alkyl halides is 2. The zero-order chi connectivity index (χ0) is 21.7. The summed E-state index contributed by atoms with van der Waals surface area (Å²) in [4.78, 5) is 18.9. The first-order chi connectivity index (χ1) is 14.4. The normalized spacial score (nSPS) is 15.3. The summed E-state index contributed by atoms with van der Waals surface area (Å²) in [6, 6.07) is 10.7. The number of hydrogen-bond donors (Lipinski definition) is 0. The van der Waals surface area contributed by atoms with Crippen LogP contribution >= 0.6 is 35.0 Å². The average molecular weight is 473 g/mol. The molecule has 0 N–H and O–H groups in total. The number of anilines is 1. The Labute approximate surface area is 186 Å². The Morgan fingerprint density at radius 2 is 1.93 bits per heavy atom. The van der Waals surface area contributed by atoms with Gasteiger partial charge in [0, 0.05) is 22.9 Å². The van der Waals surface area contributed by atoms with Crippen LogP contribution < -0.4 is 9.64 Å². The third-order valence-electron chi connectivity index (χ3n) is 3.92. The Kier molecular flexibility index (Phi) is 7.71. The average Bonchev–Trinajstić information content (AvgIpc) is 3.00. The van der Waals surface area contributed by atoms with Crippen LogP contribution in [0.3, 0.4) is 0 Å². The molecular formula is C20H16Cl2F2N2O3S. The van der Waals surface area contributed by atoms with Crippen molar-refractivity contribution in [1.82, 2.24) is 0 Å². The third kappa shape index (κ3) is 5.51. The molecule has 0 radical (unpaired) electrons. The number of amides is 1. The SMILES string of the molecule is COCCSC1=N/C(=C\c2ccc(Cl)cc2Cl)C(=O)N1c1ccc(OC(F)F)cc1. The van der Waals surface area contributed by atoms with E-state index in [1.807, 2.05) is 0 Å². The molecule has 0 atom stereocenters. The quantitative estimate of drug-likeness (QED) is 0.382. The number of carbonyl (C=O) groups excluding carboxylic acids is 1. The first kappa shape index (κ1) is 22.6. The molecule has 2 aromatic carbocycles. The van der Waals surface area contributed by atoms with Crippen LogP contribution in [0.1, 0.15) is 5.56 Å². The maximum atomic E-state index is 13.1. The number of amidine groups is 1. The number of aliphatic imine (C=N–C) groups is 1. The first-order valence-electron chi connectivity index (χ1n) is 8.65. The van der Waals surface area contributed by atoms with E-state index < -0.39 is 6.61 Å². The number of carbonyl (C=O) groups is 1. The summed E-state index contributed by atoms with van der Waals surface area (Å²) in [6.45, 7) is -2.46. The van der Waals surface area contributed by atoms with Crippen molar-refractivity contribution in [3.8, 4) is 5.75 Å². The summed E-state index contributed by atoms with van der Waals surface area (Å²) >= 11 is 13.5. The summed E-state index contributed by atoms with van der Waals surface area (Å²) in [7, 11) is 1.58. The monoisotopic (exact) mass is 472 g/mol. The summed E-state index contributed by atoms with van der Waals surface area (Å²) in [5.41, 5.74) is 1.25. The van der Waals surface area contributed by atoms with E-state index in [0.717, 1.165) is 0 Å². The zero-order valence-corrected chi connectivity index (χ0v) is 18.0. The Bertz CT molecular complexity index is 985. The highest BCUT2D eigenvalue weighted by molar-refractivity contribution is 8.14. The van der Waals surface area contributed by atoms with Crippen LogP contribution in [0.15, 0.2) is 53.2 Å². The number of halogens is 4. The van der Waals surface area contributed by atoms with Crippen LogP contribution in [0.2, 0.25) is 10.0 Å².